The topological polar surface area (TPSA) is 69.6 Å². The van der Waals surface area contributed by atoms with Crippen molar-refractivity contribution in [1.82, 2.24) is 10.2 Å². The lowest BCUT2D eigenvalue weighted by Crippen LogP contribution is -2.48. The van der Waals surface area contributed by atoms with Crippen LogP contribution in [0.4, 0.5) is 0 Å². The van der Waals surface area contributed by atoms with Gasteiger partial charge in [-0.1, -0.05) is 0 Å². The molecule has 0 radical (unpaired) electrons. The van der Waals surface area contributed by atoms with Gasteiger partial charge in [0.1, 0.15) is 0 Å². The molecule has 3 atom stereocenters. The Labute approximate surface area is 113 Å². The number of amides is 1. The molecule has 3 unspecified atom stereocenters. The van der Waals surface area contributed by atoms with Gasteiger partial charge in [-0.05, 0) is 38.0 Å². The molecular formula is C14H22N2O3. The van der Waals surface area contributed by atoms with E-state index in [-0.39, 0.29) is 5.91 Å². The van der Waals surface area contributed by atoms with E-state index in [2.05, 4.69) is 10.2 Å². The van der Waals surface area contributed by atoms with Crippen LogP contribution < -0.4 is 5.32 Å². The Morgan fingerprint density at radius 3 is 2.47 bits per heavy atom. The van der Waals surface area contributed by atoms with Crippen LogP contribution in [0.5, 0.6) is 0 Å². The van der Waals surface area contributed by atoms with E-state index >= 15 is 0 Å². The minimum Gasteiger partial charge on any atom is -0.481 e. The van der Waals surface area contributed by atoms with Gasteiger partial charge in [0.25, 0.3) is 0 Å². The molecule has 3 fully saturated rings. The fourth-order valence-electron chi connectivity index (χ4n) is 4.17. The van der Waals surface area contributed by atoms with Gasteiger partial charge in [0, 0.05) is 37.5 Å². The molecule has 19 heavy (non-hydrogen) atoms. The third kappa shape index (κ3) is 2.76. The van der Waals surface area contributed by atoms with E-state index in [1.807, 2.05) is 0 Å². The molecule has 0 saturated carbocycles. The van der Waals surface area contributed by atoms with Crippen LogP contribution in [0.3, 0.4) is 0 Å². The van der Waals surface area contributed by atoms with Crippen molar-refractivity contribution < 1.29 is 14.7 Å². The summed E-state index contributed by atoms with van der Waals surface area (Å²) in [6.07, 6.45) is 6.36. The zero-order valence-corrected chi connectivity index (χ0v) is 11.2. The monoisotopic (exact) mass is 266 g/mol. The number of aliphatic carboxylic acids is 1. The van der Waals surface area contributed by atoms with Crippen LogP contribution in [-0.4, -0.2) is 46.6 Å². The average Bonchev–Trinajstić information content (AvgIpc) is 2.82. The number of carbonyl (C=O) groups excluding carboxylic acids is 1. The Hall–Kier alpha value is -1.10. The lowest BCUT2D eigenvalue weighted by Gasteiger charge is -2.39. The number of fused-ring (bicyclic) bond motifs is 2. The van der Waals surface area contributed by atoms with E-state index in [1.165, 1.54) is 12.8 Å². The molecular weight excluding hydrogens is 244 g/mol. The van der Waals surface area contributed by atoms with Crippen molar-refractivity contribution in [3.63, 3.8) is 0 Å². The third-order valence-corrected chi connectivity index (χ3v) is 4.96. The largest absolute Gasteiger partial charge is 0.481 e. The van der Waals surface area contributed by atoms with E-state index in [0.717, 1.165) is 25.8 Å². The molecule has 1 amide bonds. The van der Waals surface area contributed by atoms with Crippen molar-refractivity contribution in [2.75, 3.05) is 6.54 Å². The van der Waals surface area contributed by atoms with Gasteiger partial charge in [-0.3, -0.25) is 14.5 Å². The van der Waals surface area contributed by atoms with Gasteiger partial charge < -0.3 is 10.4 Å². The molecule has 3 heterocycles. The van der Waals surface area contributed by atoms with Gasteiger partial charge in [0.15, 0.2) is 0 Å². The highest BCUT2D eigenvalue weighted by atomic mass is 16.4. The number of rotatable bonds is 4. The maximum atomic E-state index is 11.3. The summed E-state index contributed by atoms with van der Waals surface area (Å²) < 4.78 is 0. The molecule has 2 N–H and O–H groups in total. The Balaban J connectivity index is 1.57. The molecule has 3 rings (SSSR count). The lowest BCUT2D eigenvalue weighted by molar-refractivity contribution is -0.138. The van der Waals surface area contributed by atoms with Crippen LogP contribution in [0.2, 0.25) is 0 Å². The Morgan fingerprint density at radius 1 is 1.26 bits per heavy atom. The number of carboxylic acids is 1. The first kappa shape index (κ1) is 12.9. The smallest absolute Gasteiger partial charge is 0.303 e. The van der Waals surface area contributed by atoms with Crippen LogP contribution in [0, 0.1) is 5.92 Å². The van der Waals surface area contributed by atoms with Gasteiger partial charge in [0.05, 0.1) is 0 Å². The van der Waals surface area contributed by atoms with Crippen LogP contribution in [0.1, 0.15) is 44.9 Å². The van der Waals surface area contributed by atoms with Gasteiger partial charge >= 0.3 is 5.97 Å². The standard InChI is InChI=1S/C14H22N2O3/c17-13-4-1-10(15-13)8-16-11-2-3-12(16)6-9(5-11)7-14(18)19/h9-12H,1-8H2,(H,15,17)(H,18,19). The second-order valence-electron chi connectivity index (χ2n) is 6.32. The van der Waals surface area contributed by atoms with E-state index in [9.17, 15) is 9.59 Å². The minimum absolute atomic E-state index is 0.179. The molecule has 3 saturated heterocycles. The van der Waals surface area contributed by atoms with Gasteiger partial charge in [-0.15, -0.1) is 0 Å². The molecule has 0 aromatic rings. The van der Waals surface area contributed by atoms with Crippen molar-refractivity contribution >= 4 is 11.9 Å². The molecule has 3 aliphatic heterocycles. The van der Waals surface area contributed by atoms with Crippen LogP contribution in [-0.2, 0) is 9.59 Å². The van der Waals surface area contributed by atoms with Crippen molar-refractivity contribution in [3.8, 4) is 0 Å². The van der Waals surface area contributed by atoms with Crippen molar-refractivity contribution in [1.29, 1.82) is 0 Å². The molecule has 2 bridgehead atoms. The Kier molecular flexibility index (Phi) is 3.48. The van der Waals surface area contributed by atoms with Gasteiger partial charge in [-0.25, -0.2) is 0 Å². The number of carbonyl (C=O) groups is 2. The van der Waals surface area contributed by atoms with Crippen molar-refractivity contribution in [2.24, 2.45) is 5.92 Å². The first-order valence-electron chi connectivity index (χ1n) is 7.38. The highest BCUT2D eigenvalue weighted by Crippen LogP contribution is 2.40. The highest BCUT2D eigenvalue weighted by Gasteiger charge is 2.42. The van der Waals surface area contributed by atoms with Crippen LogP contribution >= 0.6 is 0 Å². The van der Waals surface area contributed by atoms with E-state index < -0.39 is 5.97 Å². The normalized spacial score (nSPS) is 38.4. The molecule has 0 aromatic carbocycles. The second-order valence-corrected chi connectivity index (χ2v) is 6.32. The van der Waals surface area contributed by atoms with E-state index in [1.54, 1.807) is 0 Å². The Bertz CT molecular complexity index is 371. The minimum atomic E-state index is -0.666. The van der Waals surface area contributed by atoms with Crippen LogP contribution in [0.15, 0.2) is 0 Å². The van der Waals surface area contributed by atoms with E-state index in [0.29, 0.717) is 36.9 Å². The van der Waals surface area contributed by atoms with E-state index in [4.69, 9.17) is 5.11 Å². The molecule has 5 heteroatoms. The summed E-state index contributed by atoms with van der Waals surface area (Å²) in [4.78, 5) is 24.6. The second kappa shape index (κ2) is 5.12. The third-order valence-electron chi connectivity index (χ3n) is 4.96. The summed E-state index contributed by atoms with van der Waals surface area (Å²) in [6, 6.07) is 1.40. The van der Waals surface area contributed by atoms with Gasteiger partial charge in [0.2, 0.25) is 5.91 Å². The van der Waals surface area contributed by atoms with Crippen molar-refractivity contribution in [2.45, 2.75) is 63.1 Å². The highest BCUT2D eigenvalue weighted by molar-refractivity contribution is 5.78. The maximum absolute atomic E-state index is 11.3. The molecule has 0 spiro atoms. The number of hydrogen-bond acceptors (Lipinski definition) is 3. The number of hydrogen-bond donors (Lipinski definition) is 2. The fraction of sp³-hybridized carbons (Fsp3) is 0.857. The molecule has 3 aliphatic rings. The number of carboxylic acid groups (broad SMARTS) is 1. The molecule has 5 nitrogen and oxygen atoms in total. The zero-order chi connectivity index (χ0) is 13.4. The number of nitrogens with one attached hydrogen (secondary N) is 1. The maximum Gasteiger partial charge on any atom is 0.303 e. The van der Waals surface area contributed by atoms with Crippen molar-refractivity contribution in [3.05, 3.63) is 0 Å². The quantitative estimate of drug-likeness (QED) is 0.796. The lowest BCUT2D eigenvalue weighted by atomic mass is 9.88. The first-order valence-corrected chi connectivity index (χ1v) is 7.38. The summed E-state index contributed by atoms with van der Waals surface area (Å²) >= 11 is 0. The predicted molar refractivity (Wildman–Crippen MR) is 69.7 cm³/mol. The summed E-state index contributed by atoms with van der Waals surface area (Å²) in [5.41, 5.74) is 0. The summed E-state index contributed by atoms with van der Waals surface area (Å²) in [5.74, 6) is -0.136. The summed E-state index contributed by atoms with van der Waals surface area (Å²) in [7, 11) is 0. The molecule has 0 aliphatic carbocycles. The molecule has 0 aromatic heterocycles. The SMILES string of the molecule is O=C(O)CC1CC2CCC(C1)N2CC1CCC(=O)N1. The zero-order valence-electron chi connectivity index (χ0n) is 11.2. The fourth-order valence-corrected chi connectivity index (χ4v) is 4.17. The Morgan fingerprint density at radius 2 is 1.95 bits per heavy atom. The first-order chi connectivity index (χ1) is 9.11. The van der Waals surface area contributed by atoms with Crippen LogP contribution in [0.25, 0.3) is 0 Å². The summed E-state index contributed by atoms with van der Waals surface area (Å²) in [6.45, 7) is 0.959. The predicted octanol–water partition coefficient (Wildman–Crippen LogP) is 0.983. The average molecular weight is 266 g/mol. The van der Waals surface area contributed by atoms with Gasteiger partial charge in [-0.2, -0.15) is 0 Å². The number of nitrogens with zero attached hydrogens (tertiary/aromatic N) is 1. The number of piperidine rings is 1. The summed E-state index contributed by atoms with van der Waals surface area (Å²) in [5, 5.41) is 12.0. The molecule has 106 valence electrons.